The van der Waals surface area contributed by atoms with Gasteiger partial charge in [0.15, 0.2) is 0 Å². The molecule has 0 fully saturated rings. The number of para-hydroxylation sites is 2. The summed E-state index contributed by atoms with van der Waals surface area (Å²) in [6.45, 7) is 2.08. The third-order valence-corrected chi connectivity index (χ3v) is 10.8. The molecule has 0 atom stereocenters. The van der Waals surface area contributed by atoms with Crippen molar-refractivity contribution in [3.05, 3.63) is 157 Å². The number of nitrogens with zero attached hydrogens (tertiary/aromatic N) is 2. The van der Waals surface area contributed by atoms with Gasteiger partial charge in [-0.15, -0.1) is 11.3 Å². The Balaban J connectivity index is 1.17. The maximum Gasteiger partial charge on any atom is 0.111 e. The lowest BCUT2D eigenvalue weighted by Gasteiger charge is -2.18. The van der Waals surface area contributed by atoms with Crippen molar-refractivity contribution in [1.82, 2.24) is 9.55 Å². The second-order valence-corrected chi connectivity index (χ2v) is 13.5. The van der Waals surface area contributed by atoms with Gasteiger partial charge in [-0.25, -0.2) is 4.98 Å². The third kappa shape index (κ3) is 4.00. The molecule has 3 heteroatoms. The molecule has 8 aromatic carbocycles. The molecule has 0 spiro atoms. The number of aromatic nitrogens is 2. The Morgan fingerprint density at radius 3 is 1.72 bits per heavy atom. The average molecular weight is 617 g/mol. The van der Waals surface area contributed by atoms with Crippen molar-refractivity contribution in [2.24, 2.45) is 0 Å². The monoisotopic (exact) mass is 616 g/mol. The number of aryl methyl sites for hydroxylation is 1. The van der Waals surface area contributed by atoms with Crippen LogP contribution in [0.5, 0.6) is 0 Å². The minimum atomic E-state index is 0.989. The van der Waals surface area contributed by atoms with Crippen LogP contribution < -0.4 is 0 Å². The number of imidazole rings is 1. The Bertz CT molecular complexity index is 2800. The van der Waals surface area contributed by atoms with E-state index in [0.717, 1.165) is 22.5 Å². The van der Waals surface area contributed by atoms with Crippen molar-refractivity contribution in [2.45, 2.75) is 6.92 Å². The zero-order valence-electron chi connectivity index (χ0n) is 25.7. The largest absolute Gasteiger partial charge is 0.297 e. The molecule has 0 amide bonds. The number of hydrogen-bond acceptors (Lipinski definition) is 2. The maximum atomic E-state index is 4.80. The van der Waals surface area contributed by atoms with Crippen molar-refractivity contribution in [1.29, 1.82) is 0 Å². The molecule has 0 saturated heterocycles. The molecule has 0 aliphatic heterocycles. The van der Waals surface area contributed by atoms with Crippen molar-refractivity contribution in [3.63, 3.8) is 0 Å². The summed E-state index contributed by atoms with van der Waals surface area (Å²) in [4.78, 5) is 4.80. The smallest absolute Gasteiger partial charge is 0.111 e. The minimum absolute atomic E-state index is 0.989. The highest BCUT2D eigenvalue weighted by atomic mass is 32.1. The normalized spacial score (nSPS) is 11.9. The number of benzene rings is 8. The van der Waals surface area contributed by atoms with Gasteiger partial charge >= 0.3 is 0 Å². The van der Waals surface area contributed by atoms with E-state index in [1.165, 1.54) is 74.7 Å². The van der Waals surface area contributed by atoms with Gasteiger partial charge in [-0.2, -0.15) is 0 Å². The van der Waals surface area contributed by atoms with Crippen LogP contribution in [-0.2, 0) is 0 Å². The first-order valence-electron chi connectivity index (χ1n) is 16.0. The molecular formula is C44H28N2S. The standard InChI is InChI=1S/C44H28N2S/c1-27-45-39-16-8-9-17-40(39)46(27)32-21-18-28(19-22-32)43-34-12-4-6-14-36(34)44(37-15-7-5-13-35(37)43)31-20-23-33-38-24-29-10-2-3-11-30(29)25-42(38)47-41(33)26-31/h2-26H,1H3. The third-order valence-electron chi connectivity index (χ3n) is 9.70. The lowest BCUT2D eigenvalue weighted by atomic mass is 9.86. The van der Waals surface area contributed by atoms with E-state index >= 15 is 0 Å². The fourth-order valence-electron chi connectivity index (χ4n) is 7.62. The molecule has 220 valence electrons. The van der Waals surface area contributed by atoms with E-state index in [9.17, 15) is 0 Å². The fraction of sp³-hybridized carbons (Fsp3) is 0.0227. The van der Waals surface area contributed by atoms with E-state index in [0.29, 0.717) is 0 Å². The van der Waals surface area contributed by atoms with Crippen LogP contribution in [0.3, 0.4) is 0 Å². The molecule has 47 heavy (non-hydrogen) atoms. The Labute approximate surface area is 275 Å². The van der Waals surface area contributed by atoms with Gasteiger partial charge in [-0.3, -0.25) is 4.57 Å². The van der Waals surface area contributed by atoms with Gasteiger partial charge < -0.3 is 0 Å². The van der Waals surface area contributed by atoms with E-state index in [1.807, 2.05) is 17.4 Å². The summed E-state index contributed by atoms with van der Waals surface area (Å²) in [5.74, 6) is 0.989. The molecule has 0 unspecified atom stereocenters. The van der Waals surface area contributed by atoms with E-state index in [1.54, 1.807) is 0 Å². The first kappa shape index (κ1) is 26.4. The molecule has 0 aliphatic rings. The maximum absolute atomic E-state index is 4.80. The van der Waals surface area contributed by atoms with Gasteiger partial charge in [0.1, 0.15) is 5.82 Å². The molecule has 2 heterocycles. The van der Waals surface area contributed by atoms with Crippen LogP contribution in [0.25, 0.3) is 91.5 Å². The van der Waals surface area contributed by atoms with Crippen LogP contribution in [0.1, 0.15) is 5.82 Å². The van der Waals surface area contributed by atoms with Crippen molar-refractivity contribution < 1.29 is 0 Å². The van der Waals surface area contributed by atoms with Gasteiger partial charge in [0.25, 0.3) is 0 Å². The van der Waals surface area contributed by atoms with Gasteiger partial charge in [0.05, 0.1) is 11.0 Å². The molecule has 0 aliphatic carbocycles. The predicted molar refractivity (Wildman–Crippen MR) is 202 cm³/mol. The summed E-state index contributed by atoms with van der Waals surface area (Å²) in [6.07, 6.45) is 0. The van der Waals surface area contributed by atoms with Crippen LogP contribution in [0.2, 0.25) is 0 Å². The summed E-state index contributed by atoms with van der Waals surface area (Å²) in [7, 11) is 0. The lowest BCUT2D eigenvalue weighted by Crippen LogP contribution is -1.97. The molecule has 0 N–H and O–H groups in total. The van der Waals surface area contributed by atoms with Crippen molar-refractivity contribution >= 4 is 74.9 Å². The van der Waals surface area contributed by atoms with Crippen LogP contribution in [0.4, 0.5) is 0 Å². The quantitative estimate of drug-likeness (QED) is 0.181. The summed E-state index contributed by atoms with van der Waals surface area (Å²) in [6, 6.07) is 55.6. The number of fused-ring (bicyclic) bond motifs is 7. The van der Waals surface area contributed by atoms with Crippen LogP contribution in [-0.4, -0.2) is 9.55 Å². The Hall–Kier alpha value is -5.77. The van der Waals surface area contributed by atoms with Gasteiger partial charge in [0.2, 0.25) is 0 Å². The highest BCUT2D eigenvalue weighted by Gasteiger charge is 2.18. The zero-order chi connectivity index (χ0) is 31.1. The summed E-state index contributed by atoms with van der Waals surface area (Å²) in [5.41, 5.74) is 8.29. The van der Waals surface area contributed by atoms with Crippen molar-refractivity contribution in [2.75, 3.05) is 0 Å². The number of thiophene rings is 1. The number of hydrogen-bond donors (Lipinski definition) is 0. The molecule has 10 rings (SSSR count). The first-order valence-corrected chi connectivity index (χ1v) is 16.9. The van der Waals surface area contributed by atoms with E-state index in [4.69, 9.17) is 4.98 Å². The molecule has 0 saturated carbocycles. The predicted octanol–water partition coefficient (Wildman–Crippen LogP) is 12.5. The Morgan fingerprint density at radius 2 is 1.02 bits per heavy atom. The van der Waals surface area contributed by atoms with Crippen molar-refractivity contribution in [3.8, 4) is 27.9 Å². The van der Waals surface area contributed by atoms with Gasteiger partial charge in [0, 0.05) is 25.9 Å². The summed E-state index contributed by atoms with van der Waals surface area (Å²) >= 11 is 1.89. The highest BCUT2D eigenvalue weighted by molar-refractivity contribution is 7.25. The lowest BCUT2D eigenvalue weighted by molar-refractivity contribution is 1.00. The second-order valence-electron chi connectivity index (χ2n) is 12.4. The van der Waals surface area contributed by atoms with Gasteiger partial charge in [-0.1, -0.05) is 109 Å². The summed E-state index contributed by atoms with van der Waals surface area (Å²) < 4.78 is 4.90. The SMILES string of the molecule is Cc1nc2ccccc2n1-c1ccc(-c2c3ccccc3c(-c3ccc4c(c3)sc3cc5ccccc5cc34)c3ccccc23)cc1. The molecular weight excluding hydrogens is 589 g/mol. The minimum Gasteiger partial charge on any atom is -0.297 e. The summed E-state index contributed by atoms with van der Waals surface area (Å²) in [5, 5.41) is 10.3. The van der Waals surface area contributed by atoms with E-state index < -0.39 is 0 Å². The molecule has 2 aromatic heterocycles. The van der Waals surface area contributed by atoms with E-state index in [-0.39, 0.29) is 0 Å². The molecule has 0 radical (unpaired) electrons. The fourth-order valence-corrected chi connectivity index (χ4v) is 8.79. The number of rotatable bonds is 3. The molecule has 10 aromatic rings. The molecule has 2 nitrogen and oxygen atoms in total. The first-order chi connectivity index (χ1) is 23.2. The Morgan fingerprint density at radius 1 is 0.468 bits per heavy atom. The average Bonchev–Trinajstić information content (AvgIpc) is 3.65. The van der Waals surface area contributed by atoms with E-state index in [2.05, 4.69) is 157 Å². The zero-order valence-corrected chi connectivity index (χ0v) is 26.6. The second kappa shape index (κ2) is 10.1. The Kier molecular flexibility index (Phi) is 5.69. The highest BCUT2D eigenvalue weighted by Crippen LogP contribution is 2.45. The topological polar surface area (TPSA) is 17.8 Å². The van der Waals surface area contributed by atoms with Crippen LogP contribution >= 0.6 is 11.3 Å². The molecule has 0 bridgehead atoms. The van der Waals surface area contributed by atoms with Crippen LogP contribution in [0.15, 0.2) is 152 Å². The van der Waals surface area contributed by atoms with Gasteiger partial charge in [-0.05, 0) is 104 Å². The van der Waals surface area contributed by atoms with Crippen LogP contribution in [0, 0.1) is 6.92 Å².